The maximum absolute atomic E-state index is 12.9. The highest BCUT2D eigenvalue weighted by molar-refractivity contribution is 5.71. The van der Waals surface area contributed by atoms with E-state index in [9.17, 15) is 14.4 Å². The molecule has 1 atom stereocenters. The van der Waals surface area contributed by atoms with Gasteiger partial charge in [0.05, 0.1) is 0 Å². The molecule has 0 N–H and O–H groups in total. The second-order valence-electron chi connectivity index (χ2n) is 20.9. The van der Waals surface area contributed by atoms with E-state index in [-0.39, 0.29) is 31.1 Å². The van der Waals surface area contributed by atoms with Crippen LogP contribution >= 0.6 is 0 Å². The lowest BCUT2D eigenvalue weighted by atomic mass is 10.0. The van der Waals surface area contributed by atoms with Crippen molar-refractivity contribution >= 4 is 17.9 Å². The predicted octanol–water partition coefficient (Wildman–Crippen LogP) is 21.5. The van der Waals surface area contributed by atoms with Crippen LogP contribution in [0.4, 0.5) is 0 Å². The van der Waals surface area contributed by atoms with Gasteiger partial charge in [0.1, 0.15) is 13.2 Å². The quantitative estimate of drug-likeness (QED) is 0.0261. The van der Waals surface area contributed by atoms with Gasteiger partial charge in [-0.2, -0.15) is 0 Å². The highest BCUT2D eigenvalue weighted by Crippen LogP contribution is 2.16. The lowest BCUT2D eigenvalue weighted by molar-refractivity contribution is -0.167. The minimum atomic E-state index is -0.783. The molecule has 0 spiro atoms. The fraction of sp³-hybridized carbons (Fsp3) is 0.750. The third-order valence-corrected chi connectivity index (χ3v) is 13.6. The summed E-state index contributed by atoms with van der Waals surface area (Å²) in [5, 5.41) is 0. The predicted molar refractivity (Wildman–Crippen MR) is 321 cm³/mol. The molecular weight excluding hydrogens is 913 g/mol. The molecule has 74 heavy (non-hydrogen) atoms. The number of hydrogen-bond donors (Lipinski definition) is 0. The molecule has 0 aliphatic rings. The topological polar surface area (TPSA) is 78.9 Å². The van der Waals surface area contributed by atoms with Gasteiger partial charge in [-0.05, 0) is 96.3 Å². The normalized spacial score (nSPS) is 12.6. The Morgan fingerprint density at radius 3 is 0.824 bits per heavy atom. The molecule has 0 bridgehead atoms. The second kappa shape index (κ2) is 62.1. The van der Waals surface area contributed by atoms with Gasteiger partial charge in [-0.25, -0.2) is 0 Å². The number of allylic oxidation sites excluding steroid dienone is 14. The van der Waals surface area contributed by atoms with Crippen molar-refractivity contribution in [2.24, 2.45) is 0 Å². The molecule has 6 heteroatoms. The van der Waals surface area contributed by atoms with Crippen molar-refractivity contribution in [3.05, 3.63) is 85.1 Å². The summed E-state index contributed by atoms with van der Waals surface area (Å²) in [6, 6.07) is 0. The van der Waals surface area contributed by atoms with E-state index in [0.717, 1.165) is 103 Å². The summed E-state index contributed by atoms with van der Waals surface area (Å²) in [4.78, 5) is 38.3. The van der Waals surface area contributed by atoms with Gasteiger partial charge >= 0.3 is 17.9 Å². The summed E-state index contributed by atoms with van der Waals surface area (Å²) in [7, 11) is 0. The molecule has 6 nitrogen and oxygen atoms in total. The Morgan fingerprint density at radius 1 is 0.284 bits per heavy atom. The van der Waals surface area contributed by atoms with Gasteiger partial charge in [-0.15, -0.1) is 0 Å². The number of carbonyl (C=O) groups excluding carboxylic acids is 3. The van der Waals surface area contributed by atoms with Crippen molar-refractivity contribution in [3.8, 4) is 0 Å². The molecule has 0 amide bonds. The molecule has 0 fully saturated rings. The van der Waals surface area contributed by atoms with E-state index in [4.69, 9.17) is 14.2 Å². The van der Waals surface area contributed by atoms with Crippen LogP contribution in [0.15, 0.2) is 85.1 Å². The molecule has 0 heterocycles. The summed E-state index contributed by atoms with van der Waals surface area (Å²) in [6.45, 7) is 6.53. The van der Waals surface area contributed by atoms with Crippen LogP contribution in [0.1, 0.15) is 310 Å². The molecule has 0 aromatic rings. The molecule has 0 radical (unpaired) electrons. The fourth-order valence-corrected chi connectivity index (χ4v) is 8.91. The van der Waals surface area contributed by atoms with E-state index < -0.39 is 6.10 Å². The Balaban J connectivity index is 4.34. The van der Waals surface area contributed by atoms with Crippen LogP contribution in [0.5, 0.6) is 0 Å². The zero-order chi connectivity index (χ0) is 53.6. The second-order valence-corrected chi connectivity index (χ2v) is 20.9. The van der Waals surface area contributed by atoms with Gasteiger partial charge in [0.25, 0.3) is 0 Å². The minimum absolute atomic E-state index is 0.0792. The van der Waals surface area contributed by atoms with Crippen molar-refractivity contribution in [3.63, 3.8) is 0 Å². The number of hydrogen-bond acceptors (Lipinski definition) is 6. The Bertz CT molecular complexity index is 1420. The van der Waals surface area contributed by atoms with Gasteiger partial charge < -0.3 is 14.2 Å². The molecule has 0 aliphatic carbocycles. The SMILES string of the molecule is CC/C=C\C/C=C\C/C=C\C/C=C\C/C=C\CCCCCCCCCC(=O)OCC(COC(=O)CCCCCCCCCCCCCC)OC(=O)CCCCCCCCCCC/C=C\C/C=C\CCCCCCC. The average Bonchev–Trinajstić information content (AvgIpc) is 3.40. The van der Waals surface area contributed by atoms with Crippen LogP contribution in [0.3, 0.4) is 0 Å². The lowest BCUT2D eigenvalue weighted by Gasteiger charge is -2.18. The standard InChI is InChI=1S/C68H118O6/c1-4-7-10-13-16-19-22-25-27-29-31-33-34-36-37-39-41-43-46-49-52-55-58-61-67(70)73-64-65(63-72-66(69)60-57-54-51-48-45-24-21-18-15-12-9-6-3)74-68(71)62-59-56-53-50-47-44-42-40-38-35-32-30-28-26-23-20-17-14-11-8-5-2/h7,10,16,19,23,25-27,30-33,36-37,65H,4-6,8-9,11-15,17-18,20-22,24,28-29,34-35,38-64H2,1-3H3/b10-7-,19-16-,26-23-,27-25-,32-30-,33-31-,37-36-. The number of rotatable bonds is 57. The van der Waals surface area contributed by atoms with Gasteiger partial charge in [0.15, 0.2) is 6.10 Å². The molecule has 0 saturated heterocycles. The van der Waals surface area contributed by atoms with Crippen molar-refractivity contribution in [1.29, 1.82) is 0 Å². The number of carbonyl (C=O) groups is 3. The average molecular weight is 1030 g/mol. The molecule has 0 aromatic carbocycles. The molecule has 426 valence electrons. The van der Waals surface area contributed by atoms with E-state index in [2.05, 4.69) is 106 Å². The van der Waals surface area contributed by atoms with Crippen molar-refractivity contribution in [2.45, 2.75) is 316 Å². The zero-order valence-electron chi connectivity index (χ0n) is 48.8. The molecular formula is C68H118O6. The molecule has 0 aliphatic heterocycles. The van der Waals surface area contributed by atoms with Crippen LogP contribution in [0, 0.1) is 0 Å². The summed E-state index contributed by atoms with van der Waals surface area (Å²) < 4.78 is 16.9. The lowest BCUT2D eigenvalue weighted by Crippen LogP contribution is -2.30. The van der Waals surface area contributed by atoms with Crippen LogP contribution in [-0.2, 0) is 28.6 Å². The Morgan fingerprint density at radius 2 is 0.527 bits per heavy atom. The van der Waals surface area contributed by atoms with Crippen molar-refractivity contribution in [2.75, 3.05) is 13.2 Å². The summed E-state index contributed by atoms with van der Waals surface area (Å²) >= 11 is 0. The minimum Gasteiger partial charge on any atom is -0.462 e. The van der Waals surface area contributed by atoms with Crippen molar-refractivity contribution in [1.82, 2.24) is 0 Å². The van der Waals surface area contributed by atoms with Crippen LogP contribution < -0.4 is 0 Å². The Hall–Kier alpha value is -3.41. The van der Waals surface area contributed by atoms with Crippen molar-refractivity contribution < 1.29 is 28.6 Å². The maximum atomic E-state index is 12.9. The number of esters is 3. The number of unbranched alkanes of at least 4 members (excludes halogenated alkanes) is 32. The first-order valence-electron chi connectivity index (χ1n) is 31.6. The van der Waals surface area contributed by atoms with E-state index in [1.54, 1.807) is 0 Å². The molecule has 0 saturated carbocycles. The third-order valence-electron chi connectivity index (χ3n) is 13.6. The monoisotopic (exact) mass is 1030 g/mol. The molecule has 0 aromatic heterocycles. The summed E-state index contributed by atoms with van der Waals surface area (Å²) in [5.74, 6) is -0.883. The molecule has 1 unspecified atom stereocenters. The van der Waals surface area contributed by atoms with E-state index >= 15 is 0 Å². The summed E-state index contributed by atoms with van der Waals surface area (Å²) in [5.41, 5.74) is 0. The first kappa shape index (κ1) is 70.6. The van der Waals surface area contributed by atoms with Crippen LogP contribution in [0.2, 0.25) is 0 Å². The summed E-state index contributed by atoms with van der Waals surface area (Å²) in [6.07, 6.45) is 81.5. The van der Waals surface area contributed by atoms with E-state index in [1.807, 2.05) is 0 Å². The highest BCUT2D eigenvalue weighted by Gasteiger charge is 2.19. The first-order chi connectivity index (χ1) is 36.5. The maximum Gasteiger partial charge on any atom is 0.306 e. The Labute approximate surface area is 458 Å². The van der Waals surface area contributed by atoms with Gasteiger partial charge in [0.2, 0.25) is 0 Å². The fourth-order valence-electron chi connectivity index (χ4n) is 8.91. The number of ether oxygens (including phenoxy) is 3. The smallest absolute Gasteiger partial charge is 0.306 e. The van der Waals surface area contributed by atoms with Crippen LogP contribution in [-0.4, -0.2) is 37.2 Å². The Kier molecular flexibility index (Phi) is 59.3. The van der Waals surface area contributed by atoms with Gasteiger partial charge in [-0.3, -0.25) is 14.4 Å². The first-order valence-corrected chi connectivity index (χ1v) is 31.6. The highest BCUT2D eigenvalue weighted by atomic mass is 16.6. The largest absolute Gasteiger partial charge is 0.462 e. The van der Waals surface area contributed by atoms with E-state index in [1.165, 1.54) is 167 Å². The van der Waals surface area contributed by atoms with Crippen LogP contribution in [0.25, 0.3) is 0 Å². The van der Waals surface area contributed by atoms with E-state index in [0.29, 0.717) is 19.3 Å². The molecule has 0 rings (SSSR count). The zero-order valence-corrected chi connectivity index (χ0v) is 48.8. The van der Waals surface area contributed by atoms with Gasteiger partial charge in [-0.1, -0.05) is 279 Å². The van der Waals surface area contributed by atoms with Gasteiger partial charge in [0, 0.05) is 19.3 Å². The third kappa shape index (κ3) is 59.5.